The Morgan fingerprint density at radius 3 is 2.92 bits per heavy atom. The maximum absolute atomic E-state index is 12.1. The molecule has 7 nitrogen and oxygen atoms in total. The van der Waals surface area contributed by atoms with Crippen LogP contribution in [0.15, 0.2) is 33.6 Å². The van der Waals surface area contributed by atoms with Gasteiger partial charge < -0.3 is 14.5 Å². The minimum Gasteiger partial charge on any atom is -0.462 e. The van der Waals surface area contributed by atoms with E-state index in [2.05, 4.69) is 15.3 Å². The van der Waals surface area contributed by atoms with Crippen LogP contribution in [0, 0.1) is 0 Å². The SMILES string of the molecule is CCOC(=O)c1csc(NC(=O)Cc2csc(-c3ccco3)n2)n1. The predicted molar refractivity (Wildman–Crippen MR) is 90.2 cm³/mol. The van der Waals surface area contributed by atoms with Crippen molar-refractivity contribution in [3.63, 3.8) is 0 Å². The average Bonchev–Trinajstić information content (AvgIpc) is 3.28. The molecule has 0 aliphatic heterocycles. The summed E-state index contributed by atoms with van der Waals surface area (Å²) in [5.74, 6) is -0.0847. The second-order valence-electron chi connectivity index (χ2n) is 4.60. The lowest BCUT2D eigenvalue weighted by Gasteiger charge is -1.99. The van der Waals surface area contributed by atoms with Crippen LogP contribution in [-0.2, 0) is 16.0 Å². The lowest BCUT2D eigenvalue weighted by molar-refractivity contribution is -0.115. The second-order valence-corrected chi connectivity index (χ2v) is 6.32. The Hall–Kier alpha value is -2.52. The highest BCUT2D eigenvalue weighted by atomic mass is 32.1. The van der Waals surface area contributed by atoms with Gasteiger partial charge >= 0.3 is 5.97 Å². The Morgan fingerprint density at radius 2 is 2.17 bits per heavy atom. The quantitative estimate of drug-likeness (QED) is 0.676. The van der Waals surface area contributed by atoms with Crippen LogP contribution < -0.4 is 5.32 Å². The molecular weight excluding hydrogens is 350 g/mol. The smallest absolute Gasteiger partial charge is 0.357 e. The average molecular weight is 363 g/mol. The standard InChI is InChI=1S/C15H13N3O4S2/c1-2-21-14(20)10-8-24-15(17-10)18-12(19)6-9-7-23-13(16-9)11-4-3-5-22-11/h3-5,7-8H,2,6H2,1H3,(H,17,18,19). The van der Waals surface area contributed by atoms with Crippen molar-refractivity contribution >= 4 is 39.7 Å². The number of carbonyl (C=O) groups is 2. The number of ether oxygens (including phenoxy) is 1. The summed E-state index contributed by atoms with van der Waals surface area (Å²) in [6, 6.07) is 3.60. The molecule has 9 heteroatoms. The Balaban J connectivity index is 1.59. The van der Waals surface area contributed by atoms with Crippen molar-refractivity contribution in [2.75, 3.05) is 11.9 Å². The number of nitrogens with zero attached hydrogens (tertiary/aromatic N) is 2. The number of furan rings is 1. The van der Waals surface area contributed by atoms with Gasteiger partial charge in [-0.2, -0.15) is 0 Å². The van der Waals surface area contributed by atoms with Crippen molar-refractivity contribution in [3.05, 3.63) is 40.5 Å². The molecule has 0 aliphatic carbocycles. The first-order valence-electron chi connectivity index (χ1n) is 7.06. The maximum atomic E-state index is 12.1. The Bertz CT molecular complexity index is 839. The van der Waals surface area contributed by atoms with Crippen molar-refractivity contribution in [1.82, 2.24) is 9.97 Å². The molecule has 24 heavy (non-hydrogen) atoms. The van der Waals surface area contributed by atoms with Crippen molar-refractivity contribution in [1.29, 1.82) is 0 Å². The van der Waals surface area contributed by atoms with Crippen molar-refractivity contribution in [2.24, 2.45) is 0 Å². The van der Waals surface area contributed by atoms with Crippen LogP contribution in [0.3, 0.4) is 0 Å². The summed E-state index contributed by atoms with van der Waals surface area (Å²) < 4.78 is 10.1. The number of anilines is 1. The fraction of sp³-hybridized carbons (Fsp3) is 0.200. The van der Waals surface area contributed by atoms with Crippen molar-refractivity contribution in [2.45, 2.75) is 13.3 Å². The molecule has 0 aliphatic rings. The van der Waals surface area contributed by atoms with Crippen LogP contribution in [0.1, 0.15) is 23.1 Å². The van der Waals surface area contributed by atoms with E-state index in [1.807, 2.05) is 11.4 Å². The van der Waals surface area contributed by atoms with Crippen LogP contribution in [0.2, 0.25) is 0 Å². The van der Waals surface area contributed by atoms with Crippen molar-refractivity contribution in [3.8, 4) is 10.8 Å². The summed E-state index contributed by atoms with van der Waals surface area (Å²) in [6.45, 7) is 2.00. The Morgan fingerprint density at radius 1 is 1.29 bits per heavy atom. The Kier molecular flexibility index (Phi) is 5.02. The van der Waals surface area contributed by atoms with Gasteiger partial charge in [-0.1, -0.05) is 0 Å². The van der Waals surface area contributed by atoms with E-state index in [-0.39, 0.29) is 24.6 Å². The summed E-state index contributed by atoms with van der Waals surface area (Å²) in [5, 5.41) is 7.08. The van der Waals surface area contributed by atoms with Gasteiger partial charge in [0.1, 0.15) is 0 Å². The zero-order valence-electron chi connectivity index (χ0n) is 12.6. The van der Waals surface area contributed by atoms with Gasteiger partial charge in [-0.25, -0.2) is 14.8 Å². The number of rotatable bonds is 6. The van der Waals surface area contributed by atoms with E-state index < -0.39 is 5.97 Å². The Labute approximate surface area is 145 Å². The summed E-state index contributed by atoms with van der Waals surface area (Å²) >= 11 is 2.58. The highest BCUT2D eigenvalue weighted by Crippen LogP contribution is 2.24. The van der Waals surface area contributed by atoms with Gasteiger partial charge in [0, 0.05) is 10.8 Å². The highest BCUT2D eigenvalue weighted by Gasteiger charge is 2.15. The molecule has 3 heterocycles. The highest BCUT2D eigenvalue weighted by molar-refractivity contribution is 7.14. The summed E-state index contributed by atoms with van der Waals surface area (Å²) in [5.41, 5.74) is 0.831. The lowest BCUT2D eigenvalue weighted by atomic mass is 10.3. The van der Waals surface area contributed by atoms with Crippen molar-refractivity contribution < 1.29 is 18.7 Å². The third-order valence-corrected chi connectivity index (χ3v) is 4.52. The number of nitrogens with one attached hydrogen (secondary N) is 1. The van der Waals surface area contributed by atoms with Gasteiger partial charge in [0.15, 0.2) is 21.6 Å². The van der Waals surface area contributed by atoms with Crippen LogP contribution in [0.4, 0.5) is 5.13 Å². The molecule has 1 amide bonds. The van der Waals surface area contributed by atoms with Gasteiger partial charge in [-0.05, 0) is 19.1 Å². The van der Waals surface area contributed by atoms with E-state index in [1.165, 1.54) is 22.7 Å². The maximum Gasteiger partial charge on any atom is 0.357 e. The normalized spacial score (nSPS) is 10.5. The number of thiazole rings is 2. The van der Waals surface area contributed by atoms with E-state index in [4.69, 9.17) is 9.15 Å². The number of carbonyl (C=O) groups excluding carboxylic acids is 2. The number of amides is 1. The predicted octanol–water partition coefficient (Wildman–Crippen LogP) is 3.22. The molecule has 124 valence electrons. The number of hydrogen-bond donors (Lipinski definition) is 1. The van der Waals surface area contributed by atoms with Crippen LogP contribution in [0.25, 0.3) is 10.8 Å². The topological polar surface area (TPSA) is 94.3 Å². The minimum absolute atomic E-state index is 0.117. The van der Waals surface area contributed by atoms with E-state index in [0.29, 0.717) is 16.6 Å². The number of aromatic nitrogens is 2. The first-order valence-corrected chi connectivity index (χ1v) is 8.82. The van der Waals surface area contributed by atoms with Crippen LogP contribution >= 0.6 is 22.7 Å². The third-order valence-electron chi connectivity index (χ3n) is 2.86. The molecule has 3 aromatic rings. The van der Waals surface area contributed by atoms with Gasteiger partial charge in [-0.3, -0.25) is 4.79 Å². The molecule has 3 aromatic heterocycles. The fourth-order valence-electron chi connectivity index (χ4n) is 1.86. The molecule has 0 bridgehead atoms. The molecular formula is C15H13N3O4S2. The van der Waals surface area contributed by atoms with E-state index >= 15 is 0 Å². The molecule has 0 fully saturated rings. The van der Waals surface area contributed by atoms with E-state index in [0.717, 1.165) is 5.01 Å². The van der Waals surface area contributed by atoms with Gasteiger partial charge in [-0.15, -0.1) is 22.7 Å². The largest absolute Gasteiger partial charge is 0.462 e. The zero-order chi connectivity index (χ0) is 16.9. The zero-order valence-corrected chi connectivity index (χ0v) is 14.3. The molecule has 1 N–H and O–H groups in total. The summed E-state index contributed by atoms with van der Waals surface area (Å²) in [4.78, 5) is 32.0. The van der Waals surface area contributed by atoms with Crippen LogP contribution in [-0.4, -0.2) is 28.5 Å². The number of esters is 1. The summed E-state index contributed by atoms with van der Waals surface area (Å²) in [7, 11) is 0. The monoisotopic (exact) mass is 363 g/mol. The molecule has 0 unspecified atom stereocenters. The minimum atomic E-state index is -0.503. The fourth-order valence-corrected chi connectivity index (χ4v) is 3.34. The lowest BCUT2D eigenvalue weighted by Crippen LogP contribution is -2.15. The van der Waals surface area contributed by atoms with E-state index in [9.17, 15) is 9.59 Å². The van der Waals surface area contributed by atoms with Gasteiger partial charge in [0.2, 0.25) is 5.91 Å². The molecule has 0 saturated heterocycles. The second kappa shape index (κ2) is 7.37. The molecule has 3 rings (SSSR count). The molecule has 0 saturated carbocycles. The van der Waals surface area contributed by atoms with E-state index in [1.54, 1.807) is 24.6 Å². The summed E-state index contributed by atoms with van der Waals surface area (Å²) in [6.07, 6.45) is 1.69. The van der Waals surface area contributed by atoms with Crippen LogP contribution in [0.5, 0.6) is 0 Å². The van der Waals surface area contributed by atoms with Gasteiger partial charge in [0.05, 0.1) is 25.0 Å². The first kappa shape index (κ1) is 16.3. The molecule has 0 radical (unpaired) electrons. The molecule has 0 spiro atoms. The molecule has 0 atom stereocenters. The number of hydrogen-bond acceptors (Lipinski definition) is 8. The first-order chi connectivity index (χ1) is 11.7. The third kappa shape index (κ3) is 3.87. The molecule has 0 aromatic carbocycles. The van der Waals surface area contributed by atoms with Gasteiger partial charge in [0.25, 0.3) is 0 Å².